The van der Waals surface area contributed by atoms with Gasteiger partial charge in [0.25, 0.3) is 0 Å². The number of nitrogens with zero attached hydrogens (tertiary/aromatic N) is 3. The van der Waals surface area contributed by atoms with Crippen LogP contribution in [0.5, 0.6) is 0 Å². The van der Waals surface area contributed by atoms with Crippen molar-refractivity contribution < 1.29 is 0 Å². The van der Waals surface area contributed by atoms with E-state index in [1.165, 1.54) is 38.1 Å². The second-order valence-electron chi connectivity index (χ2n) is 14.2. The number of rotatable bonds is 5. The van der Waals surface area contributed by atoms with E-state index in [2.05, 4.69) is 199 Å². The zero-order valence-corrected chi connectivity index (χ0v) is 29.9. The molecule has 0 saturated carbocycles. The molecule has 55 heavy (non-hydrogen) atoms. The van der Waals surface area contributed by atoms with Crippen LogP contribution in [0.1, 0.15) is 0 Å². The Morgan fingerprint density at radius 1 is 0.345 bits per heavy atom. The highest BCUT2D eigenvalue weighted by Gasteiger charge is 2.18. The van der Waals surface area contributed by atoms with Crippen molar-refractivity contribution in [2.75, 3.05) is 0 Å². The SMILES string of the molecule is c1ccc(-c2nc3ccccc3n2-c2ccc(-c3cc(-c4ccc5ccccc5c4)nc4c3cc(-c3ccc5ccccc5c3)c3ccccc34)cc2)cc1. The van der Waals surface area contributed by atoms with E-state index >= 15 is 0 Å². The molecule has 0 N–H and O–H groups in total. The van der Waals surface area contributed by atoms with Crippen LogP contribution in [0.15, 0.2) is 200 Å². The third-order valence-corrected chi connectivity index (χ3v) is 11.0. The van der Waals surface area contributed by atoms with Crippen molar-refractivity contribution in [1.82, 2.24) is 14.5 Å². The molecule has 0 aliphatic heterocycles. The van der Waals surface area contributed by atoms with Gasteiger partial charge in [0.05, 0.1) is 22.2 Å². The molecule has 0 aliphatic rings. The Bertz CT molecular complexity index is 3250. The lowest BCUT2D eigenvalue weighted by molar-refractivity contribution is 1.10. The molecule has 256 valence electrons. The maximum atomic E-state index is 5.48. The van der Waals surface area contributed by atoms with Crippen LogP contribution in [-0.2, 0) is 0 Å². The Labute approximate surface area is 318 Å². The number of imidazole rings is 1. The molecule has 9 aromatic carbocycles. The first-order valence-corrected chi connectivity index (χ1v) is 18.7. The second kappa shape index (κ2) is 12.6. The Hall–Kier alpha value is -7.36. The second-order valence-corrected chi connectivity index (χ2v) is 14.2. The average Bonchev–Trinajstić information content (AvgIpc) is 3.65. The predicted octanol–water partition coefficient (Wildman–Crippen LogP) is 13.7. The van der Waals surface area contributed by atoms with Gasteiger partial charge in [-0.3, -0.25) is 4.57 Å². The number of hydrogen-bond acceptors (Lipinski definition) is 2. The van der Waals surface area contributed by atoms with E-state index in [4.69, 9.17) is 9.97 Å². The normalized spacial score (nSPS) is 11.6. The monoisotopic (exact) mass is 699 g/mol. The summed E-state index contributed by atoms with van der Waals surface area (Å²) in [7, 11) is 0. The molecule has 11 aromatic rings. The lowest BCUT2D eigenvalue weighted by Gasteiger charge is -2.17. The predicted molar refractivity (Wildman–Crippen MR) is 231 cm³/mol. The number of hydrogen-bond donors (Lipinski definition) is 0. The van der Waals surface area contributed by atoms with Crippen molar-refractivity contribution in [2.24, 2.45) is 0 Å². The van der Waals surface area contributed by atoms with E-state index in [9.17, 15) is 0 Å². The van der Waals surface area contributed by atoms with Crippen molar-refractivity contribution >= 4 is 54.3 Å². The summed E-state index contributed by atoms with van der Waals surface area (Å²) in [5.74, 6) is 0.925. The van der Waals surface area contributed by atoms with E-state index in [1.807, 2.05) is 6.07 Å². The van der Waals surface area contributed by atoms with Gasteiger partial charge in [-0.25, -0.2) is 9.97 Å². The first-order chi connectivity index (χ1) is 27.2. The molecule has 2 heterocycles. The molecular formula is C52H33N3. The summed E-state index contributed by atoms with van der Waals surface area (Å²) in [6, 6.07) is 71.7. The lowest BCUT2D eigenvalue weighted by Crippen LogP contribution is -1.98. The standard InChI is InChI=1S/C52H33N3/c1-2-14-37(15-3-1)52-54-48-20-10-11-21-50(48)55(52)42-28-26-36(27-29-42)46-33-49(41-25-23-35-13-5-7-17-39(35)31-41)53-51-44-19-9-8-18-43(44)45(32-47(46)51)40-24-22-34-12-4-6-16-38(34)30-40/h1-33H. The topological polar surface area (TPSA) is 30.7 Å². The van der Waals surface area contributed by atoms with Crippen LogP contribution < -0.4 is 0 Å². The zero-order valence-electron chi connectivity index (χ0n) is 29.9. The number of para-hydroxylation sites is 2. The minimum Gasteiger partial charge on any atom is -0.292 e. The molecule has 3 nitrogen and oxygen atoms in total. The zero-order chi connectivity index (χ0) is 36.3. The van der Waals surface area contributed by atoms with E-state index in [-0.39, 0.29) is 0 Å². The van der Waals surface area contributed by atoms with E-state index in [1.54, 1.807) is 0 Å². The summed E-state index contributed by atoms with van der Waals surface area (Å²) in [5.41, 5.74) is 11.9. The highest BCUT2D eigenvalue weighted by Crippen LogP contribution is 2.41. The minimum absolute atomic E-state index is 0.925. The quantitative estimate of drug-likeness (QED) is 0.167. The van der Waals surface area contributed by atoms with Gasteiger partial charge >= 0.3 is 0 Å². The Balaban J connectivity index is 1.15. The lowest BCUT2D eigenvalue weighted by atomic mass is 9.90. The van der Waals surface area contributed by atoms with E-state index in [0.717, 1.165) is 66.8 Å². The largest absolute Gasteiger partial charge is 0.292 e. The summed E-state index contributed by atoms with van der Waals surface area (Å²) in [6.45, 7) is 0. The summed E-state index contributed by atoms with van der Waals surface area (Å²) in [5, 5.41) is 8.33. The van der Waals surface area contributed by atoms with Crippen LogP contribution in [0, 0.1) is 0 Å². The highest BCUT2D eigenvalue weighted by molar-refractivity contribution is 6.16. The average molecular weight is 700 g/mol. The third kappa shape index (κ3) is 5.28. The van der Waals surface area contributed by atoms with Crippen molar-refractivity contribution in [3.63, 3.8) is 0 Å². The molecule has 3 heteroatoms. The van der Waals surface area contributed by atoms with Crippen LogP contribution in [0.25, 0.3) is 105 Å². The highest BCUT2D eigenvalue weighted by atomic mass is 15.1. The van der Waals surface area contributed by atoms with E-state index in [0.29, 0.717) is 0 Å². The molecule has 0 aliphatic carbocycles. The molecule has 0 atom stereocenters. The summed E-state index contributed by atoms with van der Waals surface area (Å²) >= 11 is 0. The number of fused-ring (bicyclic) bond motifs is 6. The van der Waals surface area contributed by atoms with Crippen LogP contribution in [0.3, 0.4) is 0 Å². The smallest absolute Gasteiger partial charge is 0.145 e. The molecular weight excluding hydrogens is 667 g/mol. The number of pyridine rings is 1. The van der Waals surface area contributed by atoms with Gasteiger partial charge in [-0.2, -0.15) is 0 Å². The van der Waals surface area contributed by atoms with Crippen LogP contribution in [0.2, 0.25) is 0 Å². The van der Waals surface area contributed by atoms with Gasteiger partial charge < -0.3 is 0 Å². The molecule has 0 saturated heterocycles. The van der Waals surface area contributed by atoms with Gasteiger partial charge in [-0.1, -0.05) is 152 Å². The first-order valence-electron chi connectivity index (χ1n) is 18.7. The van der Waals surface area contributed by atoms with Gasteiger partial charge in [-0.15, -0.1) is 0 Å². The maximum absolute atomic E-state index is 5.48. The van der Waals surface area contributed by atoms with Gasteiger partial charge in [0.1, 0.15) is 5.82 Å². The molecule has 0 bridgehead atoms. The fourth-order valence-corrected chi connectivity index (χ4v) is 8.24. The van der Waals surface area contributed by atoms with Crippen molar-refractivity contribution in [2.45, 2.75) is 0 Å². The molecule has 0 fully saturated rings. The van der Waals surface area contributed by atoms with Crippen molar-refractivity contribution in [3.05, 3.63) is 200 Å². The molecule has 2 aromatic heterocycles. The van der Waals surface area contributed by atoms with Crippen molar-refractivity contribution in [3.8, 4) is 50.6 Å². The molecule has 11 rings (SSSR count). The summed E-state index contributed by atoms with van der Waals surface area (Å²) < 4.78 is 2.27. The number of benzene rings is 9. The Morgan fingerprint density at radius 3 is 1.69 bits per heavy atom. The molecule has 0 amide bonds. The van der Waals surface area contributed by atoms with Crippen LogP contribution in [-0.4, -0.2) is 14.5 Å². The van der Waals surface area contributed by atoms with E-state index < -0.39 is 0 Å². The van der Waals surface area contributed by atoms with Crippen molar-refractivity contribution in [1.29, 1.82) is 0 Å². The third-order valence-electron chi connectivity index (χ3n) is 11.0. The molecule has 0 unspecified atom stereocenters. The minimum atomic E-state index is 0.925. The van der Waals surface area contributed by atoms with Gasteiger partial charge in [-0.05, 0) is 97.7 Å². The Kier molecular flexibility index (Phi) is 7.17. The fourth-order valence-electron chi connectivity index (χ4n) is 8.24. The Morgan fingerprint density at radius 2 is 0.927 bits per heavy atom. The maximum Gasteiger partial charge on any atom is 0.145 e. The first kappa shape index (κ1) is 31.2. The summed E-state index contributed by atoms with van der Waals surface area (Å²) in [6.07, 6.45) is 0. The fraction of sp³-hybridized carbons (Fsp3) is 0. The van der Waals surface area contributed by atoms with Gasteiger partial charge in [0.15, 0.2) is 0 Å². The van der Waals surface area contributed by atoms with Crippen LogP contribution >= 0.6 is 0 Å². The summed E-state index contributed by atoms with van der Waals surface area (Å²) in [4.78, 5) is 10.6. The molecule has 0 radical (unpaired) electrons. The number of aromatic nitrogens is 3. The van der Waals surface area contributed by atoms with Gasteiger partial charge in [0, 0.05) is 27.6 Å². The molecule has 0 spiro atoms. The van der Waals surface area contributed by atoms with Crippen LogP contribution in [0.4, 0.5) is 0 Å². The van der Waals surface area contributed by atoms with Gasteiger partial charge in [0.2, 0.25) is 0 Å².